The average Bonchev–Trinajstić information content (AvgIpc) is 2.58. The largest absolute Gasteiger partial charge is 0.492 e. The second-order valence-corrected chi connectivity index (χ2v) is 6.38. The number of carboxylic acids is 1. The lowest BCUT2D eigenvalue weighted by Crippen LogP contribution is -2.40. The minimum Gasteiger partial charge on any atom is -0.492 e. The van der Waals surface area contributed by atoms with Gasteiger partial charge in [0.1, 0.15) is 12.4 Å². The van der Waals surface area contributed by atoms with Gasteiger partial charge in [0, 0.05) is 6.42 Å². The van der Waals surface area contributed by atoms with E-state index in [9.17, 15) is 14.0 Å². The van der Waals surface area contributed by atoms with Crippen molar-refractivity contribution in [1.82, 2.24) is 5.32 Å². The normalized spacial score (nSPS) is 13.0. The minimum atomic E-state index is -1.15. The fraction of sp³-hybridized carbons (Fsp3) is 0.333. The van der Waals surface area contributed by atoms with Gasteiger partial charge in [-0.3, -0.25) is 4.79 Å². The van der Waals surface area contributed by atoms with Crippen LogP contribution in [0.3, 0.4) is 0 Å². The molecule has 1 amide bonds. The standard InChI is InChI=1S/C21H26FNO4/c1-14-5-9-18(10-6-14)12-20(24)23-19(11-16(3)22)13-27-17(4)8-7-15(2)21(25)26/h5-10,16,19H,2,4,11-13H2,1,3H3,(H,23,24)(H,25,26)/b8-7-. The van der Waals surface area contributed by atoms with Crippen LogP contribution < -0.4 is 5.32 Å². The summed E-state index contributed by atoms with van der Waals surface area (Å²) in [4.78, 5) is 22.9. The first-order valence-corrected chi connectivity index (χ1v) is 8.58. The van der Waals surface area contributed by atoms with Crippen LogP contribution in [0.25, 0.3) is 0 Å². The lowest BCUT2D eigenvalue weighted by molar-refractivity contribution is -0.132. The molecule has 1 aromatic rings. The summed E-state index contributed by atoms with van der Waals surface area (Å²) in [5, 5.41) is 11.5. The Morgan fingerprint density at radius 2 is 1.89 bits per heavy atom. The van der Waals surface area contributed by atoms with Crippen LogP contribution >= 0.6 is 0 Å². The summed E-state index contributed by atoms with van der Waals surface area (Å²) < 4.78 is 18.8. The molecular formula is C21H26FNO4. The van der Waals surface area contributed by atoms with Crippen molar-refractivity contribution in [2.24, 2.45) is 0 Å². The van der Waals surface area contributed by atoms with Crippen molar-refractivity contribution in [3.8, 4) is 0 Å². The maximum atomic E-state index is 13.4. The number of hydrogen-bond donors (Lipinski definition) is 2. The number of aliphatic carboxylic acids is 1. The van der Waals surface area contributed by atoms with Gasteiger partial charge >= 0.3 is 5.97 Å². The highest BCUT2D eigenvalue weighted by atomic mass is 19.1. The quantitative estimate of drug-likeness (QED) is 0.353. The van der Waals surface area contributed by atoms with Crippen LogP contribution in [0.4, 0.5) is 4.39 Å². The van der Waals surface area contributed by atoms with Gasteiger partial charge in [0.2, 0.25) is 5.91 Å². The highest BCUT2D eigenvalue weighted by molar-refractivity contribution is 5.89. The second-order valence-electron chi connectivity index (χ2n) is 6.38. The zero-order valence-electron chi connectivity index (χ0n) is 15.7. The van der Waals surface area contributed by atoms with Crippen molar-refractivity contribution in [2.75, 3.05) is 6.61 Å². The fourth-order valence-corrected chi connectivity index (χ4v) is 2.25. The molecule has 0 aliphatic carbocycles. The molecule has 0 aliphatic rings. The first kappa shape index (κ1) is 22.2. The molecule has 1 aromatic carbocycles. The lowest BCUT2D eigenvalue weighted by Gasteiger charge is -2.20. The van der Waals surface area contributed by atoms with Gasteiger partial charge < -0.3 is 15.2 Å². The Hall–Kier alpha value is -2.89. The van der Waals surface area contributed by atoms with Crippen molar-refractivity contribution in [1.29, 1.82) is 0 Å². The Labute approximate surface area is 159 Å². The number of alkyl halides is 1. The number of amides is 1. The summed E-state index contributed by atoms with van der Waals surface area (Å²) in [6.45, 7) is 10.4. The van der Waals surface area contributed by atoms with Crippen molar-refractivity contribution in [3.05, 3.63) is 72.0 Å². The number of carbonyl (C=O) groups is 2. The molecule has 0 fully saturated rings. The average molecular weight is 375 g/mol. The first-order valence-electron chi connectivity index (χ1n) is 8.58. The number of nitrogens with one attached hydrogen (secondary N) is 1. The topological polar surface area (TPSA) is 75.6 Å². The Balaban J connectivity index is 2.57. The van der Waals surface area contributed by atoms with E-state index in [-0.39, 0.29) is 36.7 Å². The predicted octanol–water partition coefficient (Wildman–Crippen LogP) is 3.50. The molecule has 0 spiro atoms. The van der Waals surface area contributed by atoms with E-state index in [1.165, 1.54) is 19.1 Å². The Kier molecular flexibility index (Phi) is 8.99. The molecule has 2 atom stereocenters. The monoisotopic (exact) mass is 375 g/mol. The highest BCUT2D eigenvalue weighted by Crippen LogP contribution is 2.08. The third-order valence-electron chi connectivity index (χ3n) is 3.67. The van der Waals surface area contributed by atoms with Crippen molar-refractivity contribution >= 4 is 11.9 Å². The van der Waals surface area contributed by atoms with Crippen LogP contribution in [0.5, 0.6) is 0 Å². The Bertz CT molecular complexity index is 707. The number of carboxylic acid groups (broad SMARTS) is 1. The van der Waals surface area contributed by atoms with Crippen molar-refractivity contribution < 1.29 is 23.8 Å². The van der Waals surface area contributed by atoms with Gasteiger partial charge in [-0.2, -0.15) is 0 Å². The third-order valence-corrected chi connectivity index (χ3v) is 3.67. The molecule has 0 radical (unpaired) electrons. The molecule has 0 heterocycles. The van der Waals surface area contributed by atoms with Crippen LogP contribution in [0.15, 0.2) is 60.9 Å². The summed E-state index contributed by atoms with van der Waals surface area (Å²) in [5.41, 5.74) is 1.86. The van der Waals surface area contributed by atoms with Crippen LogP contribution in [0.2, 0.25) is 0 Å². The molecule has 0 saturated carbocycles. The van der Waals surface area contributed by atoms with Gasteiger partial charge in [-0.15, -0.1) is 0 Å². The number of carbonyl (C=O) groups excluding carboxylic acids is 1. The number of benzene rings is 1. The van der Waals surface area contributed by atoms with Gasteiger partial charge in [-0.25, -0.2) is 9.18 Å². The van der Waals surface area contributed by atoms with E-state index in [1.807, 2.05) is 31.2 Å². The molecule has 0 aromatic heterocycles. The predicted molar refractivity (Wildman–Crippen MR) is 103 cm³/mol. The third kappa shape index (κ3) is 9.39. The molecule has 2 unspecified atom stereocenters. The van der Waals surface area contributed by atoms with Crippen molar-refractivity contribution in [3.63, 3.8) is 0 Å². The fourth-order valence-electron chi connectivity index (χ4n) is 2.25. The van der Waals surface area contributed by atoms with Gasteiger partial charge in [0.15, 0.2) is 0 Å². The van der Waals surface area contributed by atoms with Crippen LogP contribution in [0, 0.1) is 6.92 Å². The highest BCUT2D eigenvalue weighted by Gasteiger charge is 2.17. The van der Waals surface area contributed by atoms with Gasteiger partial charge in [-0.05, 0) is 31.6 Å². The van der Waals surface area contributed by atoms with Crippen LogP contribution in [0.1, 0.15) is 24.5 Å². The Morgan fingerprint density at radius 1 is 1.26 bits per heavy atom. The number of halogens is 1. The van der Waals surface area contributed by atoms with Crippen LogP contribution in [-0.2, 0) is 20.7 Å². The van der Waals surface area contributed by atoms with E-state index in [0.717, 1.165) is 11.1 Å². The molecule has 146 valence electrons. The van der Waals surface area contributed by atoms with Gasteiger partial charge in [0.05, 0.1) is 24.2 Å². The molecule has 0 saturated heterocycles. The maximum Gasteiger partial charge on any atom is 0.335 e. The van der Waals surface area contributed by atoms with E-state index in [2.05, 4.69) is 18.5 Å². The summed E-state index contributed by atoms with van der Waals surface area (Å²) in [7, 11) is 0. The summed E-state index contributed by atoms with van der Waals surface area (Å²) in [6.07, 6.45) is 1.79. The van der Waals surface area contributed by atoms with E-state index in [0.29, 0.717) is 0 Å². The number of allylic oxidation sites excluding steroid dienone is 1. The SMILES string of the molecule is C=C(/C=C\C(=C)C(=O)O)OCC(CC(C)F)NC(=O)Cc1ccc(C)cc1. The molecule has 1 rings (SSSR count). The smallest absolute Gasteiger partial charge is 0.335 e. The number of ether oxygens (including phenoxy) is 1. The second kappa shape index (κ2) is 11.0. The van der Waals surface area contributed by atoms with E-state index < -0.39 is 18.2 Å². The summed E-state index contributed by atoms with van der Waals surface area (Å²) >= 11 is 0. The molecule has 27 heavy (non-hydrogen) atoms. The molecule has 2 N–H and O–H groups in total. The Morgan fingerprint density at radius 3 is 2.44 bits per heavy atom. The summed E-state index contributed by atoms with van der Waals surface area (Å²) in [6, 6.07) is 7.07. The molecule has 0 bridgehead atoms. The molecule has 5 nitrogen and oxygen atoms in total. The van der Waals surface area contributed by atoms with Gasteiger partial charge in [-0.1, -0.05) is 43.0 Å². The first-order chi connectivity index (χ1) is 12.7. The van der Waals surface area contributed by atoms with Crippen molar-refractivity contribution in [2.45, 2.75) is 38.9 Å². The van der Waals surface area contributed by atoms with E-state index >= 15 is 0 Å². The lowest BCUT2D eigenvalue weighted by atomic mass is 10.1. The number of rotatable bonds is 11. The summed E-state index contributed by atoms with van der Waals surface area (Å²) in [5.74, 6) is -1.18. The molecule has 0 aliphatic heterocycles. The van der Waals surface area contributed by atoms with E-state index in [1.54, 1.807) is 0 Å². The number of hydrogen-bond acceptors (Lipinski definition) is 3. The molecule has 6 heteroatoms. The zero-order chi connectivity index (χ0) is 20.4. The minimum absolute atomic E-state index is 0.0244. The number of aryl methyl sites for hydroxylation is 1. The van der Waals surface area contributed by atoms with E-state index in [4.69, 9.17) is 9.84 Å². The van der Waals surface area contributed by atoms with Crippen LogP contribution in [-0.4, -0.2) is 35.8 Å². The molecular weight excluding hydrogens is 349 g/mol. The maximum absolute atomic E-state index is 13.4. The van der Waals surface area contributed by atoms with Gasteiger partial charge in [0.25, 0.3) is 0 Å². The zero-order valence-corrected chi connectivity index (χ0v) is 15.7.